The lowest BCUT2D eigenvalue weighted by atomic mass is 10.0. The Hall–Kier alpha value is -3.52. The standard InChI is InChI=1S/C19H24F2N4O2.C6H6/c1-12-17(20)13(10-14(18(12)21)11-16(26)27)5-9-23-6-3-8-24-15-4-2-7-25-19(15)22;1-2-4-6-5-3-1/h2,4,7,10,23-24H,3,5-6,8-9,11H2,1H3,(H2,22,25)(H,26,27);1-6H. The quantitative estimate of drug-likeness (QED) is 0.341. The third kappa shape index (κ3) is 8.86. The molecule has 8 heteroatoms. The number of nitrogen functional groups attached to an aromatic ring is 1. The van der Waals surface area contributed by atoms with Gasteiger partial charge in [-0.25, -0.2) is 13.8 Å². The highest BCUT2D eigenvalue weighted by Gasteiger charge is 2.16. The van der Waals surface area contributed by atoms with Crippen molar-refractivity contribution in [1.29, 1.82) is 0 Å². The van der Waals surface area contributed by atoms with Gasteiger partial charge in [-0.15, -0.1) is 0 Å². The zero-order valence-corrected chi connectivity index (χ0v) is 18.7. The van der Waals surface area contributed by atoms with Crippen molar-refractivity contribution in [2.24, 2.45) is 0 Å². The number of rotatable bonds is 10. The average Bonchev–Trinajstić information content (AvgIpc) is 2.82. The smallest absolute Gasteiger partial charge is 0.307 e. The number of carboxylic acid groups (broad SMARTS) is 1. The van der Waals surface area contributed by atoms with Gasteiger partial charge in [0.05, 0.1) is 12.1 Å². The molecule has 176 valence electrons. The Morgan fingerprint density at radius 3 is 2.24 bits per heavy atom. The molecule has 2 aromatic carbocycles. The summed E-state index contributed by atoms with van der Waals surface area (Å²) in [6.07, 6.45) is 2.34. The van der Waals surface area contributed by atoms with Crippen LogP contribution in [0.5, 0.6) is 0 Å². The molecule has 1 aromatic heterocycles. The molecule has 0 saturated heterocycles. The third-order valence-corrected chi connectivity index (χ3v) is 4.83. The number of nitrogens with two attached hydrogens (primary N) is 1. The van der Waals surface area contributed by atoms with Crippen molar-refractivity contribution in [3.63, 3.8) is 0 Å². The lowest BCUT2D eigenvalue weighted by Crippen LogP contribution is -2.21. The fourth-order valence-electron chi connectivity index (χ4n) is 3.12. The van der Waals surface area contributed by atoms with Gasteiger partial charge in [0.1, 0.15) is 17.5 Å². The average molecular weight is 457 g/mol. The molecule has 0 radical (unpaired) electrons. The van der Waals surface area contributed by atoms with Gasteiger partial charge in [0, 0.05) is 18.3 Å². The fourth-order valence-corrected chi connectivity index (χ4v) is 3.12. The van der Waals surface area contributed by atoms with Gasteiger partial charge in [-0.1, -0.05) is 36.4 Å². The monoisotopic (exact) mass is 456 g/mol. The zero-order valence-electron chi connectivity index (χ0n) is 18.7. The van der Waals surface area contributed by atoms with Gasteiger partial charge < -0.3 is 21.5 Å². The first-order valence-corrected chi connectivity index (χ1v) is 10.7. The minimum absolute atomic E-state index is 0.00894. The number of carbonyl (C=O) groups is 1. The van der Waals surface area contributed by atoms with Gasteiger partial charge in [0.25, 0.3) is 0 Å². The number of pyridine rings is 1. The lowest BCUT2D eigenvalue weighted by molar-refractivity contribution is -0.136. The van der Waals surface area contributed by atoms with Crippen molar-refractivity contribution in [3.05, 3.63) is 89.1 Å². The molecule has 0 spiro atoms. The van der Waals surface area contributed by atoms with Crippen LogP contribution >= 0.6 is 0 Å². The molecular formula is C25H30F2N4O2. The van der Waals surface area contributed by atoms with Crippen LogP contribution in [0.4, 0.5) is 20.3 Å². The van der Waals surface area contributed by atoms with Crippen LogP contribution in [-0.2, 0) is 17.6 Å². The van der Waals surface area contributed by atoms with Gasteiger partial charge in [-0.3, -0.25) is 4.79 Å². The van der Waals surface area contributed by atoms with E-state index in [1.165, 1.54) is 13.0 Å². The number of carboxylic acids is 1. The molecule has 0 aliphatic heterocycles. The van der Waals surface area contributed by atoms with Crippen molar-refractivity contribution in [2.45, 2.75) is 26.2 Å². The summed E-state index contributed by atoms with van der Waals surface area (Å²) in [5.74, 6) is -2.10. The summed E-state index contributed by atoms with van der Waals surface area (Å²) in [5.41, 5.74) is 6.71. The Bertz CT molecular complexity index is 990. The molecule has 0 aliphatic rings. The third-order valence-electron chi connectivity index (χ3n) is 4.83. The van der Waals surface area contributed by atoms with Crippen LogP contribution in [0.2, 0.25) is 0 Å². The highest BCUT2D eigenvalue weighted by atomic mass is 19.1. The first-order valence-electron chi connectivity index (χ1n) is 10.7. The summed E-state index contributed by atoms with van der Waals surface area (Å²) in [7, 11) is 0. The number of aromatic nitrogens is 1. The zero-order chi connectivity index (χ0) is 24.1. The SMILES string of the molecule is Cc1c(F)c(CCNCCCNc2cccnc2N)cc(CC(=O)O)c1F.c1ccccc1. The molecule has 0 unspecified atom stereocenters. The number of halogens is 2. The Labute approximate surface area is 192 Å². The molecule has 3 aromatic rings. The van der Waals surface area contributed by atoms with Crippen LogP contribution in [0.25, 0.3) is 0 Å². The Morgan fingerprint density at radius 2 is 1.64 bits per heavy atom. The van der Waals surface area contributed by atoms with Crippen LogP contribution < -0.4 is 16.4 Å². The van der Waals surface area contributed by atoms with E-state index in [9.17, 15) is 13.6 Å². The molecule has 1 heterocycles. The van der Waals surface area contributed by atoms with Gasteiger partial charge in [-0.2, -0.15) is 0 Å². The predicted octanol–water partition coefficient (Wildman–Crippen LogP) is 4.20. The Morgan fingerprint density at radius 1 is 1.00 bits per heavy atom. The minimum atomic E-state index is -1.15. The lowest BCUT2D eigenvalue weighted by Gasteiger charge is -2.12. The number of benzene rings is 2. The first kappa shape index (κ1) is 25.7. The minimum Gasteiger partial charge on any atom is -0.481 e. The molecule has 0 atom stereocenters. The maximum Gasteiger partial charge on any atom is 0.307 e. The Balaban J connectivity index is 0.000000554. The number of aliphatic carboxylic acids is 1. The second-order valence-corrected chi connectivity index (χ2v) is 7.39. The summed E-state index contributed by atoms with van der Waals surface area (Å²) >= 11 is 0. The largest absolute Gasteiger partial charge is 0.481 e. The van der Waals surface area contributed by atoms with Crippen molar-refractivity contribution in [1.82, 2.24) is 10.3 Å². The molecule has 33 heavy (non-hydrogen) atoms. The molecular weight excluding hydrogens is 426 g/mol. The van der Waals surface area contributed by atoms with E-state index in [1.54, 1.807) is 12.3 Å². The molecule has 0 aliphatic carbocycles. The second-order valence-electron chi connectivity index (χ2n) is 7.39. The van der Waals surface area contributed by atoms with E-state index in [0.29, 0.717) is 37.4 Å². The summed E-state index contributed by atoms with van der Waals surface area (Å²) in [4.78, 5) is 14.8. The summed E-state index contributed by atoms with van der Waals surface area (Å²) in [6.45, 7) is 3.24. The van der Waals surface area contributed by atoms with Crippen molar-refractivity contribution in [2.75, 3.05) is 30.7 Å². The molecule has 0 bridgehead atoms. The highest BCUT2D eigenvalue weighted by Crippen LogP contribution is 2.21. The van der Waals surface area contributed by atoms with E-state index < -0.39 is 24.0 Å². The highest BCUT2D eigenvalue weighted by molar-refractivity contribution is 5.70. The first-order chi connectivity index (χ1) is 15.9. The van der Waals surface area contributed by atoms with Gasteiger partial charge in [-0.05, 0) is 62.2 Å². The van der Waals surface area contributed by atoms with E-state index in [2.05, 4.69) is 15.6 Å². The molecule has 3 rings (SSSR count). The van der Waals surface area contributed by atoms with E-state index in [4.69, 9.17) is 10.8 Å². The topological polar surface area (TPSA) is 100 Å². The van der Waals surface area contributed by atoms with Crippen LogP contribution in [-0.4, -0.2) is 35.7 Å². The summed E-state index contributed by atoms with van der Waals surface area (Å²) < 4.78 is 28.2. The number of hydrogen-bond donors (Lipinski definition) is 4. The molecule has 0 saturated carbocycles. The van der Waals surface area contributed by atoms with Crippen molar-refractivity contribution < 1.29 is 18.7 Å². The van der Waals surface area contributed by atoms with Gasteiger partial charge in [0.2, 0.25) is 0 Å². The maximum atomic E-state index is 14.2. The molecule has 0 fully saturated rings. The van der Waals surface area contributed by atoms with Gasteiger partial charge >= 0.3 is 5.97 Å². The Kier molecular flexibility index (Phi) is 10.8. The van der Waals surface area contributed by atoms with Crippen LogP contribution in [0.15, 0.2) is 60.8 Å². The van der Waals surface area contributed by atoms with Crippen molar-refractivity contribution >= 4 is 17.5 Å². The second kappa shape index (κ2) is 13.8. The summed E-state index contributed by atoms with van der Waals surface area (Å²) in [6, 6.07) is 17.0. The van der Waals surface area contributed by atoms with E-state index in [-0.39, 0.29) is 11.1 Å². The van der Waals surface area contributed by atoms with E-state index >= 15 is 0 Å². The van der Waals surface area contributed by atoms with E-state index in [1.807, 2.05) is 42.5 Å². The van der Waals surface area contributed by atoms with Crippen LogP contribution in [0, 0.1) is 18.6 Å². The predicted molar refractivity (Wildman–Crippen MR) is 127 cm³/mol. The van der Waals surface area contributed by atoms with E-state index in [0.717, 1.165) is 12.1 Å². The fraction of sp³-hybridized carbons (Fsp3) is 0.280. The van der Waals surface area contributed by atoms with Crippen molar-refractivity contribution in [3.8, 4) is 0 Å². The van der Waals surface area contributed by atoms with Crippen LogP contribution in [0.3, 0.4) is 0 Å². The number of hydrogen-bond acceptors (Lipinski definition) is 5. The molecule has 5 N–H and O–H groups in total. The maximum absolute atomic E-state index is 14.2. The summed E-state index contributed by atoms with van der Waals surface area (Å²) in [5, 5.41) is 15.2. The molecule has 6 nitrogen and oxygen atoms in total. The van der Waals surface area contributed by atoms with Gasteiger partial charge in [0.15, 0.2) is 0 Å². The molecule has 0 amide bonds. The normalized spacial score (nSPS) is 10.3. The number of anilines is 2. The van der Waals surface area contributed by atoms with Crippen LogP contribution in [0.1, 0.15) is 23.1 Å². The number of nitrogens with one attached hydrogen (secondary N) is 2. The number of nitrogens with zero attached hydrogens (tertiary/aromatic N) is 1.